The SMILES string of the molecule is CC1(CNC(=O)C2CCC2C(=O)O)Cc2ccccc2C1. The number of carbonyl (C=O) groups excluding carboxylic acids is 1. The summed E-state index contributed by atoms with van der Waals surface area (Å²) < 4.78 is 0. The van der Waals surface area contributed by atoms with E-state index in [0.29, 0.717) is 19.4 Å². The molecule has 112 valence electrons. The van der Waals surface area contributed by atoms with Crippen LogP contribution >= 0.6 is 0 Å². The van der Waals surface area contributed by atoms with Crippen molar-refractivity contribution in [3.63, 3.8) is 0 Å². The Morgan fingerprint density at radius 2 is 1.76 bits per heavy atom. The van der Waals surface area contributed by atoms with Crippen LogP contribution in [0.3, 0.4) is 0 Å². The molecule has 1 aromatic rings. The third kappa shape index (κ3) is 2.67. The summed E-state index contributed by atoms with van der Waals surface area (Å²) in [6, 6.07) is 8.40. The van der Waals surface area contributed by atoms with Gasteiger partial charge in [-0.05, 0) is 42.2 Å². The molecule has 0 spiro atoms. The first-order chi connectivity index (χ1) is 9.98. The maximum Gasteiger partial charge on any atom is 0.307 e. The molecular formula is C17H21NO3. The predicted molar refractivity (Wildman–Crippen MR) is 78.8 cm³/mol. The molecule has 0 aromatic heterocycles. The van der Waals surface area contributed by atoms with Gasteiger partial charge in [-0.1, -0.05) is 31.2 Å². The van der Waals surface area contributed by atoms with Crippen LogP contribution in [0.25, 0.3) is 0 Å². The van der Waals surface area contributed by atoms with Crippen molar-refractivity contribution >= 4 is 11.9 Å². The maximum atomic E-state index is 12.1. The highest BCUT2D eigenvalue weighted by molar-refractivity contribution is 5.86. The van der Waals surface area contributed by atoms with E-state index in [2.05, 4.69) is 36.5 Å². The number of amides is 1. The molecule has 2 aliphatic rings. The summed E-state index contributed by atoms with van der Waals surface area (Å²) >= 11 is 0. The Morgan fingerprint density at radius 3 is 2.24 bits per heavy atom. The monoisotopic (exact) mass is 287 g/mol. The molecular weight excluding hydrogens is 266 g/mol. The average molecular weight is 287 g/mol. The summed E-state index contributed by atoms with van der Waals surface area (Å²) in [6.45, 7) is 2.80. The number of hydrogen-bond donors (Lipinski definition) is 2. The van der Waals surface area contributed by atoms with Gasteiger partial charge in [-0.2, -0.15) is 0 Å². The lowest BCUT2D eigenvalue weighted by molar-refractivity contribution is -0.152. The number of carboxylic acids is 1. The molecule has 0 heterocycles. The smallest absolute Gasteiger partial charge is 0.307 e. The number of rotatable bonds is 4. The van der Waals surface area contributed by atoms with Gasteiger partial charge in [-0.3, -0.25) is 9.59 Å². The minimum atomic E-state index is -0.846. The molecule has 4 heteroatoms. The quantitative estimate of drug-likeness (QED) is 0.890. The van der Waals surface area contributed by atoms with Crippen LogP contribution in [0.15, 0.2) is 24.3 Å². The summed E-state index contributed by atoms with van der Waals surface area (Å²) in [5.74, 6) is -1.76. The number of aliphatic carboxylic acids is 1. The van der Waals surface area contributed by atoms with Crippen molar-refractivity contribution in [2.45, 2.75) is 32.6 Å². The first-order valence-corrected chi connectivity index (χ1v) is 7.56. The third-order valence-corrected chi connectivity index (χ3v) is 4.97. The zero-order chi connectivity index (χ0) is 15.0. The van der Waals surface area contributed by atoms with E-state index in [1.807, 2.05) is 0 Å². The Labute approximate surface area is 124 Å². The number of fused-ring (bicyclic) bond motifs is 1. The normalized spacial score (nSPS) is 25.8. The molecule has 1 saturated carbocycles. The zero-order valence-electron chi connectivity index (χ0n) is 12.3. The van der Waals surface area contributed by atoms with Crippen LogP contribution < -0.4 is 5.32 Å². The Morgan fingerprint density at radius 1 is 1.19 bits per heavy atom. The maximum absolute atomic E-state index is 12.1. The predicted octanol–water partition coefficient (Wildman–Crippen LogP) is 2.02. The Balaban J connectivity index is 1.57. The van der Waals surface area contributed by atoms with Gasteiger partial charge in [0.05, 0.1) is 11.8 Å². The molecule has 4 nitrogen and oxygen atoms in total. The number of hydrogen-bond acceptors (Lipinski definition) is 2. The van der Waals surface area contributed by atoms with Crippen molar-refractivity contribution in [3.8, 4) is 0 Å². The minimum Gasteiger partial charge on any atom is -0.481 e. The van der Waals surface area contributed by atoms with Crippen LogP contribution in [0.5, 0.6) is 0 Å². The average Bonchev–Trinajstić information content (AvgIpc) is 2.71. The molecule has 0 bridgehead atoms. The van der Waals surface area contributed by atoms with Crippen LogP contribution in [-0.4, -0.2) is 23.5 Å². The molecule has 21 heavy (non-hydrogen) atoms. The Hall–Kier alpha value is -1.84. The van der Waals surface area contributed by atoms with Gasteiger partial charge < -0.3 is 10.4 Å². The summed E-state index contributed by atoms with van der Waals surface area (Å²) in [7, 11) is 0. The molecule has 2 atom stereocenters. The van der Waals surface area contributed by atoms with E-state index >= 15 is 0 Å². The summed E-state index contributed by atoms with van der Waals surface area (Å²) in [5.41, 5.74) is 2.77. The molecule has 2 N–H and O–H groups in total. The van der Waals surface area contributed by atoms with E-state index in [1.54, 1.807) is 0 Å². The fourth-order valence-corrected chi connectivity index (χ4v) is 3.55. The molecule has 2 aliphatic carbocycles. The standard InChI is InChI=1S/C17H21NO3/c1-17(8-11-4-2-3-5-12(11)9-17)10-18-15(19)13-6-7-14(13)16(20)21/h2-5,13-14H,6-10H2,1H3,(H,18,19)(H,20,21). The van der Waals surface area contributed by atoms with Gasteiger partial charge in [0.2, 0.25) is 5.91 Å². The second-order valence-electron chi connectivity index (χ2n) is 6.78. The van der Waals surface area contributed by atoms with Crippen molar-refractivity contribution in [3.05, 3.63) is 35.4 Å². The van der Waals surface area contributed by atoms with Gasteiger partial charge in [-0.15, -0.1) is 0 Å². The summed E-state index contributed by atoms with van der Waals surface area (Å²) in [5, 5.41) is 12.0. The number of benzene rings is 1. The second kappa shape index (κ2) is 5.17. The fraction of sp³-hybridized carbons (Fsp3) is 0.529. The Bertz CT molecular complexity index is 556. The van der Waals surface area contributed by atoms with Gasteiger partial charge >= 0.3 is 5.97 Å². The number of carbonyl (C=O) groups is 2. The first-order valence-electron chi connectivity index (χ1n) is 7.56. The zero-order valence-corrected chi connectivity index (χ0v) is 12.3. The van der Waals surface area contributed by atoms with E-state index in [0.717, 1.165) is 12.8 Å². The highest BCUT2D eigenvalue weighted by atomic mass is 16.4. The van der Waals surface area contributed by atoms with E-state index in [1.165, 1.54) is 11.1 Å². The van der Waals surface area contributed by atoms with Crippen LogP contribution in [0.2, 0.25) is 0 Å². The fourth-order valence-electron chi connectivity index (χ4n) is 3.55. The summed E-state index contributed by atoms with van der Waals surface area (Å²) in [6.07, 6.45) is 3.25. The van der Waals surface area contributed by atoms with E-state index < -0.39 is 11.9 Å². The van der Waals surface area contributed by atoms with Gasteiger partial charge in [0, 0.05) is 6.54 Å². The van der Waals surface area contributed by atoms with Crippen molar-refractivity contribution in [1.29, 1.82) is 0 Å². The molecule has 0 saturated heterocycles. The van der Waals surface area contributed by atoms with Gasteiger partial charge in [0.1, 0.15) is 0 Å². The van der Waals surface area contributed by atoms with Crippen molar-refractivity contribution in [1.82, 2.24) is 5.32 Å². The molecule has 1 amide bonds. The van der Waals surface area contributed by atoms with E-state index in [-0.39, 0.29) is 17.2 Å². The molecule has 0 aliphatic heterocycles. The number of carboxylic acid groups (broad SMARTS) is 1. The van der Waals surface area contributed by atoms with Gasteiger partial charge in [0.15, 0.2) is 0 Å². The van der Waals surface area contributed by atoms with E-state index in [4.69, 9.17) is 5.11 Å². The molecule has 2 unspecified atom stereocenters. The molecule has 1 fully saturated rings. The largest absolute Gasteiger partial charge is 0.481 e. The van der Waals surface area contributed by atoms with Crippen LogP contribution in [0.4, 0.5) is 0 Å². The number of nitrogens with one attached hydrogen (secondary N) is 1. The lowest BCUT2D eigenvalue weighted by atomic mass is 9.73. The molecule has 3 rings (SSSR count). The van der Waals surface area contributed by atoms with Gasteiger partial charge in [0.25, 0.3) is 0 Å². The second-order valence-corrected chi connectivity index (χ2v) is 6.78. The van der Waals surface area contributed by atoms with Crippen LogP contribution in [0.1, 0.15) is 30.9 Å². The lowest BCUT2D eigenvalue weighted by Gasteiger charge is -2.33. The van der Waals surface area contributed by atoms with Crippen LogP contribution in [0, 0.1) is 17.3 Å². The summed E-state index contributed by atoms with van der Waals surface area (Å²) in [4.78, 5) is 23.1. The first kappa shape index (κ1) is 14.1. The van der Waals surface area contributed by atoms with Crippen LogP contribution in [-0.2, 0) is 22.4 Å². The van der Waals surface area contributed by atoms with Crippen molar-refractivity contribution in [2.24, 2.45) is 17.3 Å². The third-order valence-electron chi connectivity index (χ3n) is 4.97. The molecule has 1 aromatic carbocycles. The van der Waals surface area contributed by atoms with Crippen molar-refractivity contribution in [2.75, 3.05) is 6.54 Å². The lowest BCUT2D eigenvalue weighted by Crippen LogP contribution is -2.46. The van der Waals surface area contributed by atoms with Gasteiger partial charge in [-0.25, -0.2) is 0 Å². The topological polar surface area (TPSA) is 66.4 Å². The minimum absolute atomic E-state index is 0.0435. The Kier molecular flexibility index (Phi) is 3.47. The highest BCUT2D eigenvalue weighted by Crippen LogP contribution is 2.37. The van der Waals surface area contributed by atoms with Crippen molar-refractivity contribution < 1.29 is 14.7 Å². The molecule has 0 radical (unpaired) electrons. The highest BCUT2D eigenvalue weighted by Gasteiger charge is 2.42. The van der Waals surface area contributed by atoms with E-state index in [9.17, 15) is 9.59 Å².